The SMILES string of the molecule is C/C=C/C(=O)OC(=O)CO. The van der Waals surface area contributed by atoms with Gasteiger partial charge in [0.05, 0.1) is 0 Å². The minimum Gasteiger partial charge on any atom is -0.388 e. The van der Waals surface area contributed by atoms with Crippen molar-refractivity contribution < 1.29 is 19.4 Å². The highest BCUT2D eigenvalue weighted by molar-refractivity contribution is 5.92. The first-order valence-electron chi connectivity index (χ1n) is 2.69. The first-order valence-corrected chi connectivity index (χ1v) is 2.69. The van der Waals surface area contributed by atoms with Crippen LogP contribution in [0.15, 0.2) is 12.2 Å². The Labute approximate surface area is 58.1 Å². The summed E-state index contributed by atoms with van der Waals surface area (Å²) in [4.78, 5) is 20.5. The lowest BCUT2D eigenvalue weighted by atomic mass is 10.5. The minimum absolute atomic E-state index is 0.762. The fraction of sp³-hybridized carbons (Fsp3) is 0.333. The topological polar surface area (TPSA) is 63.6 Å². The molecule has 0 spiro atoms. The third kappa shape index (κ3) is 3.80. The summed E-state index contributed by atoms with van der Waals surface area (Å²) < 4.78 is 4.03. The molecule has 0 saturated carbocycles. The molecule has 0 atom stereocenters. The van der Waals surface area contributed by atoms with Gasteiger partial charge in [0.1, 0.15) is 6.61 Å². The van der Waals surface area contributed by atoms with Crippen LogP contribution < -0.4 is 0 Å². The number of aliphatic hydroxyl groups excluding tert-OH is 1. The third-order valence-electron chi connectivity index (χ3n) is 0.646. The van der Waals surface area contributed by atoms with Gasteiger partial charge in [-0.15, -0.1) is 0 Å². The second kappa shape index (κ2) is 4.69. The maximum absolute atomic E-state index is 10.4. The van der Waals surface area contributed by atoms with E-state index in [0.29, 0.717) is 0 Å². The Kier molecular flexibility index (Phi) is 4.15. The van der Waals surface area contributed by atoms with Crippen LogP contribution in [0, 0.1) is 0 Å². The molecule has 0 aromatic heterocycles. The summed E-state index contributed by atoms with van der Waals surface area (Å²) in [6.45, 7) is 0.841. The molecule has 0 bridgehead atoms. The fourth-order valence-electron chi connectivity index (χ4n) is 0.315. The molecule has 4 heteroatoms. The maximum Gasteiger partial charge on any atom is 0.339 e. The van der Waals surface area contributed by atoms with Crippen molar-refractivity contribution in [2.24, 2.45) is 0 Å². The van der Waals surface area contributed by atoms with Crippen molar-refractivity contribution in [1.82, 2.24) is 0 Å². The van der Waals surface area contributed by atoms with Crippen LogP contribution in [0.3, 0.4) is 0 Å². The summed E-state index contributed by atoms with van der Waals surface area (Å²) >= 11 is 0. The van der Waals surface area contributed by atoms with Gasteiger partial charge in [-0.25, -0.2) is 9.59 Å². The van der Waals surface area contributed by atoms with E-state index in [2.05, 4.69) is 4.74 Å². The average molecular weight is 144 g/mol. The molecule has 0 aliphatic rings. The lowest BCUT2D eigenvalue weighted by Crippen LogP contribution is -2.13. The number of carbonyl (C=O) groups excluding carboxylic acids is 2. The van der Waals surface area contributed by atoms with Gasteiger partial charge < -0.3 is 9.84 Å². The monoisotopic (exact) mass is 144 g/mol. The van der Waals surface area contributed by atoms with Gasteiger partial charge in [0.2, 0.25) is 0 Å². The average Bonchev–Trinajstić information content (AvgIpc) is 1.88. The Morgan fingerprint density at radius 3 is 2.60 bits per heavy atom. The molecule has 0 aliphatic heterocycles. The highest BCUT2D eigenvalue weighted by Gasteiger charge is 2.03. The van der Waals surface area contributed by atoms with Crippen molar-refractivity contribution in [3.05, 3.63) is 12.2 Å². The zero-order chi connectivity index (χ0) is 7.98. The van der Waals surface area contributed by atoms with E-state index in [1.54, 1.807) is 6.92 Å². The standard InChI is InChI=1S/C6H8O4/c1-2-3-5(8)10-6(9)4-7/h2-3,7H,4H2,1H3/b3-2+. The van der Waals surface area contributed by atoms with E-state index in [9.17, 15) is 9.59 Å². The summed E-state index contributed by atoms with van der Waals surface area (Å²) in [5.74, 6) is -1.70. The molecule has 0 saturated heterocycles. The number of hydrogen-bond acceptors (Lipinski definition) is 4. The lowest BCUT2D eigenvalue weighted by Gasteiger charge is -1.93. The second-order valence-corrected chi connectivity index (χ2v) is 1.45. The molecule has 0 unspecified atom stereocenters. The van der Waals surface area contributed by atoms with Crippen LogP contribution >= 0.6 is 0 Å². The quantitative estimate of drug-likeness (QED) is 0.326. The molecule has 10 heavy (non-hydrogen) atoms. The van der Waals surface area contributed by atoms with E-state index in [4.69, 9.17) is 5.11 Å². The van der Waals surface area contributed by atoms with Crippen LogP contribution in [0.4, 0.5) is 0 Å². The summed E-state index contributed by atoms with van der Waals surface area (Å²) in [6.07, 6.45) is 2.53. The molecule has 1 N–H and O–H groups in total. The molecule has 0 aromatic rings. The number of allylic oxidation sites excluding steroid dienone is 1. The van der Waals surface area contributed by atoms with Crippen LogP contribution in [0.1, 0.15) is 6.92 Å². The Bertz CT molecular complexity index is 159. The first kappa shape index (κ1) is 8.84. The molecule has 0 amide bonds. The van der Waals surface area contributed by atoms with Gasteiger partial charge in [0.25, 0.3) is 0 Å². The van der Waals surface area contributed by atoms with Gasteiger partial charge in [-0.2, -0.15) is 0 Å². The zero-order valence-electron chi connectivity index (χ0n) is 5.53. The van der Waals surface area contributed by atoms with Gasteiger partial charge in [-0.05, 0) is 6.92 Å². The smallest absolute Gasteiger partial charge is 0.339 e. The van der Waals surface area contributed by atoms with Crippen molar-refractivity contribution in [2.75, 3.05) is 6.61 Å². The van der Waals surface area contributed by atoms with Crippen LogP contribution in [-0.4, -0.2) is 23.7 Å². The number of hydrogen-bond donors (Lipinski definition) is 1. The highest BCUT2D eigenvalue weighted by Crippen LogP contribution is 1.81. The summed E-state index contributed by atoms with van der Waals surface area (Å²) in [7, 11) is 0. The van der Waals surface area contributed by atoms with Gasteiger partial charge in [0.15, 0.2) is 0 Å². The molecular formula is C6H8O4. The maximum atomic E-state index is 10.4. The van der Waals surface area contributed by atoms with Crippen molar-refractivity contribution in [3.8, 4) is 0 Å². The molecule has 0 aromatic carbocycles. The van der Waals surface area contributed by atoms with Crippen molar-refractivity contribution in [3.63, 3.8) is 0 Å². The molecule has 56 valence electrons. The minimum atomic E-state index is -0.942. The van der Waals surface area contributed by atoms with Crippen molar-refractivity contribution >= 4 is 11.9 Å². The normalized spacial score (nSPS) is 9.80. The molecular weight excluding hydrogens is 136 g/mol. The lowest BCUT2D eigenvalue weighted by molar-refractivity contribution is -0.158. The number of rotatable bonds is 2. The fourth-order valence-corrected chi connectivity index (χ4v) is 0.315. The number of aliphatic hydroxyl groups is 1. The van der Waals surface area contributed by atoms with E-state index in [1.807, 2.05) is 0 Å². The van der Waals surface area contributed by atoms with E-state index in [0.717, 1.165) is 6.08 Å². The Morgan fingerprint density at radius 2 is 2.20 bits per heavy atom. The molecule has 0 fully saturated rings. The number of carbonyl (C=O) groups is 2. The van der Waals surface area contributed by atoms with Crippen LogP contribution in [0.25, 0.3) is 0 Å². The Balaban J connectivity index is 3.68. The van der Waals surface area contributed by atoms with Crippen LogP contribution in [0.2, 0.25) is 0 Å². The van der Waals surface area contributed by atoms with E-state index in [-0.39, 0.29) is 0 Å². The first-order chi connectivity index (χ1) is 4.70. The molecule has 0 rings (SSSR count). The summed E-state index contributed by atoms with van der Waals surface area (Å²) in [6, 6.07) is 0. The zero-order valence-corrected chi connectivity index (χ0v) is 5.53. The second-order valence-electron chi connectivity index (χ2n) is 1.45. The van der Waals surface area contributed by atoms with E-state index >= 15 is 0 Å². The Morgan fingerprint density at radius 1 is 1.60 bits per heavy atom. The highest BCUT2D eigenvalue weighted by atomic mass is 16.6. The van der Waals surface area contributed by atoms with E-state index < -0.39 is 18.5 Å². The Hall–Kier alpha value is -1.16. The largest absolute Gasteiger partial charge is 0.388 e. The molecule has 0 aliphatic carbocycles. The van der Waals surface area contributed by atoms with Gasteiger partial charge >= 0.3 is 11.9 Å². The van der Waals surface area contributed by atoms with Crippen LogP contribution in [-0.2, 0) is 14.3 Å². The van der Waals surface area contributed by atoms with Crippen LogP contribution in [0.5, 0.6) is 0 Å². The number of esters is 2. The predicted octanol–water partition coefficient (Wildman–Crippen LogP) is -0.375. The predicted molar refractivity (Wildman–Crippen MR) is 33.0 cm³/mol. The summed E-state index contributed by atoms with van der Waals surface area (Å²) in [5.41, 5.74) is 0. The molecule has 0 radical (unpaired) electrons. The van der Waals surface area contributed by atoms with Gasteiger partial charge in [-0.3, -0.25) is 0 Å². The van der Waals surface area contributed by atoms with Gasteiger partial charge in [-0.1, -0.05) is 6.08 Å². The number of ether oxygens (including phenoxy) is 1. The van der Waals surface area contributed by atoms with Crippen molar-refractivity contribution in [1.29, 1.82) is 0 Å². The van der Waals surface area contributed by atoms with Crippen molar-refractivity contribution in [2.45, 2.75) is 6.92 Å². The summed E-state index contributed by atoms with van der Waals surface area (Å²) in [5, 5.41) is 8.10. The van der Waals surface area contributed by atoms with Gasteiger partial charge in [0, 0.05) is 6.08 Å². The van der Waals surface area contributed by atoms with E-state index in [1.165, 1.54) is 6.08 Å². The molecule has 4 nitrogen and oxygen atoms in total. The molecule has 0 heterocycles. The third-order valence-corrected chi connectivity index (χ3v) is 0.646.